The van der Waals surface area contributed by atoms with E-state index in [9.17, 15) is 4.79 Å². The third kappa shape index (κ3) is 4.06. The van der Waals surface area contributed by atoms with Gasteiger partial charge >= 0.3 is 0 Å². The molecule has 1 aliphatic carbocycles. The number of rotatable bonds is 4. The summed E-state index contributed by atoms with van der Waals surface area (Å²) in [5.74, 6) is 1.28. The Morgan fingerprint density at radius 2 is 1.80 bits per heavy atom. The lowest BCUT2D eigenvalue weighted by molar-refractivity contribution is -0.121. The Morgan fingerprint density at radius 1 is 1.00 bits per heavy atom. The highest BCUT2D eigenvalue weighted by molar-refractivity contribution is 5.94. The van der Waals surface area contributed by atoms with Gasteiger partial charge in [-0.3, -0.25) is 14.7 Å². The van der Waals surface area contributed by atoms with Crippen LogP contribution in [-0.2, 0) is 9.53 Å². The molecule has 5 rings (SSSR count). The second-order valence-electron chi connectivity index (χ2n) is 7.99. The van der Waals surface area contributed by atoms with Gasteiger partial charge in [-0.05, 0) is 43.2 Å². The van der Waals surface area contributed by atoms with Gasteiger partial charge < -0.3 is 14.5 Å². The Balaban J connectivity index is 1.23. The maximum atomic E-state index is 12.8. The predicted octanol–water partition coefficient (Wildman–Crippen LogP) is 3.11. The molecule has 1 amide bonds. The summed E-state index contributed by atoms with van der Waals surface area (Å²) < 4.78 is 10.8. The van der Waals surface area contributed by atoms with Gasteiger partial charge in [0.2, 0.25) is 5.91 Å². The highest BCUT2D eigenvalue weighted by atomic mass is 16.5. The van der Waals surface area contributed by atoms with Crippen molar-refractivity contribution in [3.05, 3.63) is 37.1 Å². The minimum Gasteiger partial charge on any atom is -0.442 e. The zero-order valence-electron chi connectivity index (χ0n) is 16.8. The zero-order valence-corrected chi connectivity index (χ0v) is 16.8. The van der Waals surface area contributed by atoms with Gasteiger partial charge in [0.15, 0.2) is 12.2 Å². The van der Waals surface area contributed by atoms with Crippen molar-refractivity contribution >= 4 is 22.5 Å². The molecular formula is C22H25N5O3. The second kappa shape index (κ2) is 8.49. The quantitative estimate of drug-likeness (QED) is 0.710. The van der Waals surface area contributed by atoms with Crippen LogP contribution in [-0.4, -0.2) is 58.1 Å². The van der Waals surface area contributed by atoms with Crippen molar-refractivity contribution in [2.75, 3.05) is 31.6 Å². The molecule has 8 nitrogen and oxygen atoms in total. The van der Waals surface area contributed by atoms with E-state index in [1.165, 1.54) is 6.39 Å². The summed E-state index contributed by atoms with van der Waals surface area (Å²) in [7, 11) is 0. The molecule has 0 spiro atoms. The van der Waals surface area contributed by atoms with Crippen LogP contribution in [0.1, 0.15) is 25.7 Å². The minimum atomic E-state index is 0.0435. The number of hydrogen-bond acceptors (Lipinski definition) is 7. The van der Waals surface area contributed by atoms with Gasteiger partial charge in [-0.2, -0.15) is 0 Å². The van der Waals surface area contributed by atoms with Gasteiger partial charge in [-0.1, -0.05) is 0 Å². The van der Waals surface area contributed by atoms with Crippen LogP contribution >= 0.6 is 0 Å². The van der Waals surface area contributed by atoms with Gasteiger partial charge in [-0.15, -0.1) is 0 Å². The van der Waals surface area contributed by atoms with Crippen LogP contribution in [0.25, 0.3) is 22.2 Å². The number of carbonyl (C=O) groups excluding carboxylic acids is 1. The normalized spacial score (nSPS) is 22.8. The lowest BCUT2D eigenvalue weighted by Crippen LogP contribution is -2.45. The van der Waals surface area contributed by atoms with Gasteiger partial charge in [0.05, 0.1) is 19.4 Å². The molecule has 1 N–H and O–H groups in total. The fourth-order valence-corrected chi connectivity index (χ4v) is 4.46. The molecule has 0 bridgehead atoms. The van der Waals surface area contributed by atoms with Gasteiger partial charge in [0.1, 0.15) is 11.5 Å². The third-order valence-corrected chi connectivity index (χ3v) is 6.17. The lowest BCUT2D eigenvalue weighted by atomic mass is 9.84. The number of nitrogens with one attached hydrogen (secondary N) is 1. The van der Waals surface area contributed by atoms with Gasteiger partial charge in [-0.25, -0.2) is 9.97 Å². The van der Waals surface area contributed by atoms with Crippen molar-refractivity contribution in [1.29, 1.82) is 0 Å². The number of amides is 1. The highest BCUT2D eigenvalue weighted by Crippen LogP contribution is 2.29. The molecule has 30 heavy (non-hydrogen) atoms. The highest BCUT2D eigenvalue weighted by Gasteiger charge is 2.30. The Bertz CT molecular complexity index is 1010. The Hall–Kier alpha value is -2.84. The number of anilines is 1. The minimum absolute atomic E-state index is 0.0435. The molecular weight excluding hydrogens is 382 g/mol. The molecule has 2 fully saturated rings. The molecule has 1 aliphatic heterocycles. The SMILES string of the molecule is O=C(Nc1cc2cc(-c3cnco3)ncc2cn1)C1CCC(N2CCOCC2)CC1. The van der Waals surface area contributed by atoms with E-state index in [1.807, 2.05) is 12.1 Å². The van der Waals surface area contributed by atoms with Gasteiger partial charge in [0, 0.05) is 42.8 Å². The van der Waals surface area contributed by atoms with Crippen molar-refractivity contribution in [3.63, 3.8) is 0 Å². The van der Waals surface area contributed by atoms with Crippen LogP contribution in [0.3, 0.4) is 0 Å². The van der Waals surface area contributed by atoms with Crippen LogP contribution < -0.4 is 5.32 Å². The summed E-state index contributed by atoms with van der Waals surface area (Å²) in [5, 5.41) is 4.86. The van der Waals surface area contributed by atoms with E-state index < -0.39 is 0 Å². The molecule has 3 aromatic rings. The molecule has 0 unspecified atom stereocenters. The fourth-order valence-electron chi connectivity index (χ4n) is 4.46. The number of ether oxygens (including phenoxy) is 1. The number of oxazole rings is 1. The number of carbonyl (C=O) groups is 1. The van der Waals surface area contributed by atoms with Crippen LogP contribution in [0.15, 0.2) is 41.5 Å². The number of hydrogen-bond donors (Lipinski definition) is 1. The molecule has 2 aliphatic rings. The number of nitrogens with zero attached hydrogens (tertiary/aromatic N) is 4. The zero-order chi connectivity index (χ0) is 20.3. The molecule has 4 heterocycles. The average molecular weight is 407 g/mol. The first-order valence-electron chi connectivity index (χ1n) is 10.5. The summed E-state index contributed by atoms with van der Waals surface area (Å²) >= 11 is 0. The van der Waals surface area contributed by atoms with Crippen molar-refractivity contribution in [2.45, 2.75) is 31.7 Å². The first-order chi connectivity index (χ1) is 14.8. The molecule has 0 aromatic carbocycles. The largest absolute Gasteiger partial charge is 0.442 e. The van der Waals surface area contributed by atoms with Crippen molar-refractivity contribution < 1.29 is 13.9 Å². The summed E-state index contributed by atoms with van der Waals surface area (Å²) in [5.41, 5.74) is 0.699. The fraction of sp³-hybridized carbons (Fsp3) is 0.455. The first kappa shape index (κ1) is 19.1. The van der Waals surface area contributed by atoms with Crippen LogP contribution in [0.5, 0.6) is 0 Å². The second-order valence-corrected chi connectivity index (χ2v) is 7.99. The molecule has 8 heteroatoms. The molecule has 156 valence electrons. The monoisotopic (exact) mass is 407 g/mol. The predicted molar refractivity (Wildman–Crippen MR) is 112 cm³/mol. The van der Waals surface area contributed by atoms with E-state index in [0.717, 1.165) is 62.8 Å². The Labute approximate surface area is 174 Å². The number of fused-ring (bicyclic) bond motifs is 1. The lowest BCUT2D eigenvalue weighted by Gasteiger charge is -2.38. The first-order valence-corrected chi connectivity index (χ1v) is 10.5. The van der Waals surface area contributed by atoms with E-state index in [2.05, 4.69) is 25.2 Å². The van der Waals surface area contributed by atoms with Crippen molar-refractivity contribution in [3.8, 4) is 11.5 Å². The Kier molecular flexibility index (Phi) is 5.42. The number of pyridine rings is 2. The summed E-state index contributed by atoms with van der Waals surface area (Å²) in [4.78, 5) is 28.1. The van der Waals surface area contributed by atoms with E-state index in [0.29, 0.717) is 23.3 Å². The van der Waals surface area contributed by atoms with Gasteiger partial charge in [0.25, 0.3) is 0 Å². The topological polar surface area (TPSA) is 93.4 Å². The summed E-state index contributed by atoms with van der Waals surface area (Å²) in [6.45, 7) is 3.66. The standard InChI is InChI=1S/C22H25N5O3/c28-22(15-1-3-18(4-2-15)27-5-7-29-8-6-27)26-21-10-16-9-19(20-13-23-14-30-20)24-11-17(16)12-25-21/h9-15,18H,1-8H2,(H,25,26,28). The molecule has 0 atom stereocenters. The molecule has 0 radical (unpaired) electrons. The maximum Gasteiger partial charge on any atom is 0.228 e. The van der Waals surface area contributed by atoms with E-state index >= 15 is 0 Å². The molecule has 1 saturated carbocycles. The van der Waals surface area contributed by atoms with Crippen LogP contribution in [0.2, 0.25) is 0 Å². The third-order valence-electron chi connectivity index (χ3n) is 6.17. The van der Waals surface area contributed by atoms with E-state index in [-0.39, 0.29) is 11.8 Å². The summed E-state index contributed by atoms with van der Waals surface area (Å²) in [6.07, 6.45) is 10.5. The number of morpholine rings is 1. The van der Waals surface area contributed by atoms with E-state index in [4.69, 9.17) is 9.15 Å². The van der Waals surface area contributed by atoms with Crippen molar-refractivity contribution in [2.24, 2.45) is 5.92 Å². The Morgan fingerprint density at radius 3 is 2.57 bits per heavy atom. The number of aromatic nitrogens is 3. The molecule has 3 aromatic heterocycles. The maximum absolute atomic E-state index is 12.8. The molecule has 1 saturated heterocycles. The van der Waals surface area contributed by atoms with Crippen molar-refractivity contribution in [1.82, 2.24) is 19.9 Å². The average Bonchev–Trinajstić information content (AvgIpc) is 3.34. The smallest absolute Gasteiger partial charge is 0.228 e. The van der Waals surface area contributed by atoms with E-state index in [1.54, 1.807) is 18.6 Å². The van der Waals surface area contributed by atoms with Crippen LogP contribution in [0.4, 0.5) is 5.82 Å². The van der Waals surface area contributed by atoms with Crippen LogP contribution in [0, 0.1) is 5.92 Å². The summed E-state index contributed by atoms with van der Waals surface area (Å²) in [6, 6.07) is 4.38.